The van der Waals surface area contributed by atoms with Gasteiger partial charge < -0.3 is 18.9 Å². The molecule has 0 aromatic rings. The summed E-state index contributed by atoms with van der Waals surface area (Å²) in [6.07, 6.45) is 41.6. The Morgan fingerprint density at radius 3 is 1.59 bits per heavy atom. The van der Waals surface area contributed by atoms with Gasteiger partial charge in [-0.25, -0.2) is 4.57 Å². The summed E-state index contributed by atoms with van der Waals surface area (Å²) in [6.45, 7) is 5.41. The van der Waals surface area contributed by atoms with Crippen molar-refractivity contribution in [1.82, 2.24) is 0 Å². The van der Waals surface area contributed by atoms with Crippen LogP contribution in [0.5, 0.6) is 0 Å². The first-order valence-electron chi connectivity index (χ1n) is 20.4. The standard InChI is InChI=1S/C42H78NO7P/c1-6-8-10-12-14-16-18-20-21-22-24-26-28-30-32-34-37-47-39-41(40-49-51(45,46)48-38-36-43(3,4)5)50-42(44)35-33-31-29-27-25-23-19-17-15-13-11-9-7-2/h9,11,15,17,23,25,29,31,41H,6-8,10,12-14,16,18-22,24,26-28,30,32-40H2,1-5H3/p+1/b11-9-,17-15-,25-23-,31-29-. The van der Waals surface area contributed by atoms with Gasteiger partial charge in [0.1, 0.15) is 19.3 Å². The minimum absolute atomic E-state index is 0.0757. The maximum Gasteiger partial charge on any atom is 0.472 e. The maximum absolute atomic E-state index is 12.6. The quantitative estimate of drug-likeness (QED) is 0.0223. The molecule has 0 amide bonds. The highest BCUT2D eigenvalue weighted by atomic mass is 31.2. The van der Waals surface area contributed by atoms with Crippen molar-refractivity contribution in [1.29, 1.82) is 0 Å². The molecule has 1 N–H and O–H groups in total. The van der Waals surface area contributed by atoms with Crippen molar-refractivity contribution in [3.8, 4) is 0 Å². The molecule has 2 atom stereocenters. The van der Waals surface area contributed by atoms with E-state index in [-0.39, 0.29) is 26.2 Å². The van der Waals surface area contributed by atoms with Gasteiger partial charge in [0.15, 0.2) is 0 Å². The van der Waals surface area contributed by atoms with Gasteiger partial charge in [0, 0.05) is 13.0 Å². The average molecular weight is 741 g/mol. The van der Waals surface area contributed by atoms with E-state index in [0.717, 1.165) is 38.5 Å². The van der Waals surface area contributed by atoms with Gasteiger partial charge in [-0.1, -0.05) is 159 Å². The van der Waals surface area contributed by atoms with E-state index in [9.17, 15) is 14.3 Å². The van der Waals surface area contributed by atoms with Gasteiger partial charge in [0.05, 0.1) is 34.4 Å². The molecule has 0 aliphatic heterocycles. The number of nitrogens with zero attached hydrogens (tertiary/aromatic N) is 1. The van der Waals surface area contributed by atoms with Crippen LogP contribution in [0.15, 0.2) is 48.6 Å². The molecule has 0 radical (unpaired) electrons. The number of ether oxygens (including phenoxy) is 2. The van der Waals surface area contributed by atoms with Crippen LogP contribution in [0, 0.1) is 0 Å². The average Bonchev–Trinajstić information content (AvgIpc) is 3.08. The molecular formula is C42H79NO7P+. The highest BCUT2D eigenvalue weighted by molar-refractivity contribution is 7.47. The van der Waals surface area contributed by atoms with Crippen molar-refractivity contribution in [2.75, 3.05) is 54.1 Å². The Bertz CT molecular complexity index is 957. The van der Waals surface area contributed by atoms with Crippen molar-refractivity contribution in [2.24, 2.45) is 0 Å². The van der Waals surface area contributed by atoms with Crippen molar-refractivity contribution in [3.63, 3.8) is 0 Å². The number of quaternary nitrogens is 1. The number of phosphoric ester groups is 1. The molecule has 0 heterocycles. The minimum Gasteiger partial charge on any atom is -0.457 e. The van der Waals surface area contributed by atoms with E-state index in [1.165, 1.54) is 89.9 Å². The van der Waals surface area contributed by atoms with Crippen LogP contribution >= 0.6 is 7.82 Å². The van der Waals surface area contributed by atoms with Crippen molar-refractivity contribution >= 4 is 13.8 Å². The molecule has 298 valence electrons. The van der Waals surface area contributed by atoms with Gasteiger partial charge >= 0.3 is 13.8 Å². The molecule has 8 nitrogen and oxygen atoms in total. The van der Waals surface area contributed by atoms with Gasteiger partial charge in [-0.15, -0.1) is 0 Å². The first-order chi connectivity index (χ1) is 24.6. The maximum atomic E-state index is 12.6. The Balaban J connectivity index is 4.34. The smallest absolute Gasteiger partial charge is 0.457 e. The minimum atomic E-state index is -4.29. The van der Waals surface area contributed by atoms with Gasteiger partial charge in [0.2, 0.25) is 0 Å². The second-order valence-corrected chi connectivity index (χ2v) is 16.1. The number of rotatable bonds is 37. The van der Waals surface area contributed by atoms with Crippen LogP contribution in [0.4, 0.5) is 0 Å². The molecule has 0 aromatic heterocycles. The molecule has 9 heteroatoms. The predicted molar refractivity (Wildman–Crippen MR) is 215 cm³/mol. The molecule has 51 heavy (non-hydrogen) atoms. The van der Waals surface area contributed by atoms with E-state index in [1.54, 1.807) is 0 Å². The van der Waals surface area contributed by atoms with Crippen LogP contribution in [0.25, 0.3) is 0 Å². The topological polar surface area (TPSA) is 91.3 Å². The Hall–Kier alpha value is -1.54. The summed E-state index contributed by atoms with van der Waals surface area (Å²) in [7, 11) is 1.62. The Kier molecular flexibility index (Phi) is 34.4. The number of phosphoric acid groups is 1. The first kappa shape index (κ1) is 49.5. The van der Waals surface area contributed by atoms with E-state index < -0.39 is 19.9 Å². The third-order valence-electron chi connectivity index (χ3n) is 8.42. The van der Waals surface area contributed by atoms with Crippen LogP contribution in [0.1, 0.15) is 155 Å². The molecule has 0 fully saturated rings. The molecule has 0 bridgehead atoms. The molecule has 0 aliphatic rings. The second kappa shape index (κ2) is 35.5. The zero-order valence-electron chi connectivity index (χ0n) is 33.6. The highest BCUT2D eigenvalue weighted by Crippen LogP contribution is 2.43. The van der Waals surface area contributed by atoms with Gasteiger partial charge in [-0.05, 0) is 38.5 Å². The Morgan fingerprint density at radius 2 is 1.10 bits per heavy atom. The Morgan fingerprint density at radius 1 is 0.627 bits per heavy atom. The number of likely N-dealkylation sites (N-methyl/N-ethyl adjacent to an activating group) is 1. The lowest BCUT2D eigenvalue weighted by molar-refractivity contribution is -0.870. The largest absolute Gasteiger partial charge is 0.472 e. The van der Waals surface area contributed by atoms with Gasteiger partial charge in [-0.2, -0.15) is 0 Å². The molecular weight excluding hydrogens is 661 g/mol. The van der Waals surface area contributed by atoms with E-state index in [1.807, 2.05) is 33.3 Å². The number of carbonyl (C=O) groups excluding carboxylic acids is 1. The lowest BCUT2D eigenvalue weighted by Gasteiger charge is -2.24. The summed E-state index contributed by atoms with van der Waals surface area (Å²) >= 11 is 0. The van der Waals surface area contributed by atoms with Gasteiger partial charge in [-0.3, -0.25) is 13.8 Å². The van der Waals surface area contributed by atoms with Gasteiger partial charge in [0.25, 0.3) is 0 Å². The number of carbonyl (C=O) groups is 1. The normalized spacial score (nSPS) is 14.4. The number of allylic oxidation sites excluding steroid dienone is 8. The van der Waals surface area contributed by atoms with E-state index >= 15 is 0 Å². The van der Waals surface area contributed by atoms with Crippen molar-refractivity contribution in [3.05, 3.63) is 48.6 Å². The summed E-state index contributed by atoms with van der Waals surface area (Å²) in [4.78, 5) is 22.8. The van der Waals surface area contributed by atoms with E-state index in [2.05, 4.69) is 50.3 Å². The lowest BCUT2D eigenvalue weighted by Crippen LogP contribution is -2.37. The SMILES string of the molecule is CC/C=C\C/C=C\C/C=C\C/C=C\CCC(=O)OC(COCCCCCCCCCCCCCCCCCC)COP(=O)(O)OCC[N+](C)(C)C. The third kappa shape index (κ3) is 39.5. The Labute approximate surface area is 314 Å². The molecule has 0 aliphatic carbocycles. The van der Waals surface area contributed by atoms with Crippen molar-refractivity contribution < 1.29 is 37.3 Å². The molecule has 0 spiro atoms. The fourth-order valence-corrected chi connectivity index (χ4v) is 6.01. The van der Waals surface area contributed by atoms with E-state index in [0.29, 0.717) is 24.1 Å². The summed E-state index contributed by atoms with van der Waals surface area (Å²) in [5.74, 6) is -0.393. The first-order valence-corrected chi connectivity index (χ1v) is 21.9. The lowest BCUT2D eigenvalue weighted by atomic mass is 10.0. The van der Waals surface area contributed by atoms with Crippen LogP contribution in [0.2, 0.25) is 0 Å². The molecule has 0 aromatic carbocycles. The number of hydrogen-bond donors (Lipinski definition) is 1. The monoisotopic (exact) mass is 741 g/mol. The molecule has 0 saturated heterocycles. The molecule has 0 rings (SSSR count). The van der Waals surface area contributed by atoms with Crippen LogP contribution in [-0.4, -0.2) is 75.6 Å². The third-order valence-corrected chi connectivity index (χ3v) is 9.40. The summed E-state index contributed by atoms with van der Waals surface area (Å²) < 4.78 is 34.8. The predicted octanol–water partition coefficient (Wildman–Crippen LogP) is 11.6. The van der Waals surface area contributed by atoms with E-state index in [4.69, 9.17) is 18.5 Å². The fraction of sp³-hybridized carbons (Fsp3) is 0.786. The molecule has 2 unspecified atom stereocenters. The van der Waals surface area contributed by atoms with Crippen LogP contribution in [0.3, 0.4) is 0 Å². The number of hydrogen-bond acceptors (Lipinski definition) is 6. The summed E-state index contributed by atoms with van der Waals surface area (Å²) in [6, 6.07) is 0. The van der Waals surface area contributed by atoms with Crippen LogP contribution in [-0.2, 0) is 27.9 Å². The highest BCUT2D eigenvalue weighted by Gasteiger charge is 2.26. The second-order valence-electron chi connectivity index (χ2n) is 14.6. The zero-order chi connectivity index (χ0) is 37.7. The molecule has 0 saturated carbocycles. The van der Waals surface area contributed by atoms with Crippen molar-refractivity contribution in [2.45, 2.75) is 161 Å². The number of unbranched alkanes of at least 4 members (excludes halogenated alkanes) is 15. The number of esters is 1. The summed E-state index contributed by atoms with van der Waals surface area (Å²) in [5.41, 5.74) is 0. The van der Waals surface area contributed by atoms with Crippen LogP contribution < -0.4 is 0 Å². The summed E-state index contributed by atoms with van der Waals surface area (Å²) in [5, 5.41) is 0. The zero-order valence-corrected chi connectivity index (χ0v) is 34.5. The fourth-order valence-electron chi connectivity index (χ4n) is 5.27.